The van der Waals surface area contributed by atoms with E-state index in [0.717, 1.165) is 27.6 Å². The van der Waals surface area contributed by atoms with Crippen molar-refractivity contribution < 1.29 is 0 Å². The van der Waals surface area contributed by atoms with Gasteiger partial charge < -0.3 is 4.90 Å². The lowest BCUT2D eigenvalue weighted by Gasteiger charge is -2.27. The van der Waals surface area contributed by atoms with Crippen LogP contribution in [0.5, 0.6) is 0 Å². The molecule has 1 aliphatic carbocycles. The minimum Gasteiger partial charge on any atom is -0.310 e. The van der Waals surface area contributed by atoms with Crippen molar-refractivity contribution in [1.29, 1.82) is 0 Å². The lowest BCUT2D eigenvalue weighted by Crippen LogP contribution is -2.16. The summed E-state index contributed by atoms with van der Waals surface area (Å²) >= 11 is 3.66. The van der Waals surface area contributed by atoms with Gasteiger partial charge in [0.1, 0.15) is 5.01 Å². The molecule has 2 aromatic heterocycles. The smallest absolute Gasteiger partial charge is 0.124 e. The molecule has 0 amide bonds. The van der Waals surface area contributed by atoms with Gasteiger partial charge in [-0.1, -0.05) is 105 Å². The van der Waals surface area contributed by atoms with Crippen molar-refractivity contribution in [3.8, 4) is 21.7 Å². The molecule has 0 saturated heterocycles. The molecule has 0 saturated carbocycles. The van der Waals surface area contributed by atoms with E-state index in [1.807, 2.05) is 11.3 Å². The largest absolute Gasteiger partial charge is 0.310 e. The Hall–Kier alpha value is -5.29. The third kappa shape index (κ3) is 4.06. The van der Waals surface area contributed by atoms with E-state index in [9.17, 15) is 0 Å². The number of thiazole rings is 1. The first kappa shape index (κ1) is 27.8. The fourth-order valence-electron chi connectivity index (χ4n) is 7.84. The van der Waals surface area contributed by atoms with Crippen LogP contribution >= 0.6 is 22.7 Å². The molecule has 0 aliphatic heterocycles. The summed E-state index contributed by atoms with van der Waals surface area (Å²) in [6.45, 7) is 4.77. The van der Waals surface area contributed by atoms with Crippen LogP contribution in [0.1, 0.15) is 25.0 Å². The van der Waals surface area contributed by atoms with Crippen molar-refractivity contribution in [2.24, 2.45) is 0 Å². The number of hydrogen-bond donors (Lipinski definition) is 0. The Morgan fingerprint density at radius 1 is 0.521 bits per heavy atom. The van der Waals surface area contributed by atoms with E-state index in [0.29, 0.717) is 0 Å². The lowest BCUT2D eigenvalue weighted by atomic mass is 9.80. The van der Waals surface area contributed by atoms with E-state index in [-0.39, 0.29) is 5.41 Å². The summed E-state index contributed by atoms with van der Waals surface area (Å²) in [5.41, 5.74) is 11.0. The summed E-state index contributed by atoms with van der Waals surface area (Å²) in [5.74, 6) is 0. The summed E-state index contributed by atoms with van der Waals surface area (Å²) in [6, 6.07) is 53.2. The number of aromatic nitrogens is 1. The maximum Gasteiger partial charge on any atom is 0.124 e. The first-order valence-corrected chi connectivity index (χ1v) is 18.0. The topological polar surface area (TPSA) is 16.1 Å². The summed E-state index contributed by atoms with van der Waals surface area (Å²) in [6.07, 6.45) is 0. The Balaban J connectivity index is 1.15. The van der Waals surface area contributed by atoms with Crippen molar-refractivity contribution in [3.63, 3.8) is 0 Å². The molecule has 228 valence electrons. The molecule has 0 spiro atoms. The minimum atomic E-state index is -0.143. The number of anilines is 3. The number of benzene rings is 7. The Morgan fingerprint density at radius 2 is 1.23 bits per heavy atom. The molecule has 0 radical (unpaired) electrons. The zero-order valence-electron chi connectivity index (χ0n) is 26.6. The molecule has 0 bridgehead atoms. The van der Waals surface area contributed by atoms with Crippen LogP contribution in [-0.2, 0) is 5.41 Å². The molecule has 1 aliphatic rings. The average molecular weight is 651 g/mol. The maximum atomic E-state index is 5.04. The number of fused-ring (bicyclic) bond motifs is 10. The van der Waals surface area contributed by atoms with Gasteiger partial charge in [0.15, 0.2) is 0 Å². The SMILES string of the molecule is CC1(C)c2ccc(N(c3ccccc3)c3ccc4sc5ccccc5c4c3)cc2-c2ccc3c(ccc4nc(-c5ccccc5)sc43)c21. The molecule has 0 N–H and O–H groups in total. The lowest BCUT2D eigenvalue weighted by molar-refractivity contribution is 0.666. The molecule has 0 fully saturated rings. The predicted molar refractivity (Wildman–Crippen MR) is 208 cm³/mol. The molecule has 2 heterocycles. The van der Waals surface area contributed by atoms with Crippen molar-refractivity contribution in [2.75, 3.05) is 4.90 Å². The first-order valence-electron chi connectivity index (χ1n) is 16.4. The maximum absolute atomic E-state index is 5.04. The van der Waals surface area contributed by atoms with E-state index in [1.54, 1.807) is 11.3 Å². The van der Waals surface area contributed by atoms with E-state index in [2.05, 4.69) is 164 Å². The van der Waals surface area contributed by atoms with Crippen LogP contribution in [0.4, 0.5) is 17.1 Å². The zero-order valence-corrected chi connectivity index (χ0v) is 28.2. The van der Waals surface area contributed by atoms with Gasteiger partial charge in [0.05, 0.1) is 10.2 Å². The van der Waals surface area contributed by atoms with E-state index >= 15 is 0 Å². The monoisotopic (exact) mass is 650 g/mol. The zero-order chi connectivity index (χ0) is 32.0. The van der Waals surface area contributed by atoms with Gasteiger partial charge in [-0.2, -0.15) is 0 Å². The van der Waals surface area contributed by atoms with Gasteiger partial charge in [-0.25, -0.2) is 4.98 Å². The summed E-state index contributed by atoms with van der Waals surface area (Å²) in [5, 5.41) is 6.29. The van der Waals surface area contributed by atoms with Crippen LogP contribution < -0.4 is 4.90 Å². The van der Waals surface area contributed by atoms with Crippen molar-refractivity contribution in [1.82, 2.24) is 4.98 Å². The molecule has 48 heavy (non-hydrogen) atoms. The van der Waals surface area contributed by atoms with Crippen LogP contribution in [0.3, 0.4) is 0 Å². The molecule has 10 rings (SSSR count). The van der Waals surface area contributed by atoms with Crippen LogP contribution in [0.15, 0.2) is 146 Å². The van der Waals surface area contributed by atoms with E-state index in [4.69, 9.17) is 4.98 Å². The Morgan fingerprint density at radius 3 is 2.08 bits per heavy atom. The summed E-state index contributed by atoms with van der Waals surface area (Å²) in [4.78, 5) is 7.44. The third-order valence-corrected chi connectivity index (χ3v) is 12.4. The molecule has 4 heteroatoms. The molecule has 0 unspecified atom stereocenters. The minimum absolute atomic E-state index is 0.143. The Bertz CT molecular complexity index is 2700. The number of thiophene rings is 1. The highest BCUT2D eigenvalue weighted by Gasteiger charge is 2.37. The van der Waals surface area contributed by atoms with Gasteiger partial charge in [-0.15, -0.1) is 22.7 Å². The van der Waals surface area contributed by atoms with Gasteiger partial charge >= 0.3 is 0 Å². The average Bonchev–Trinajstić information content (AvgIpc) is 3.80. The predicted octanol–water partition coefficient (Wildman–Crippen LogP) is 13.3. The highest BCUT2D eigenvalue weighted by atomic mass is 32.1. The fraction of sp³-hybridized carbons (Fsp3) is 0.0682. The van der Waals surface area contributed by atoms with Crippen molar-refractivity contribution >= 4 is 80.9 Å². The van der Waals surface area contributed by atoms with Crippen LogP contribution in [0, 0.1) is 0 Å². The van der Waals surface area contributed by atoms with Crippen LogP contribution in [0.2, 0.25) is 0 Å². The molecule has 7 aromatic carbocycles. The quantitative estimate of drug-likeness (QED) is 0.188. The third-order valence-electron chi connectivity index (χ3n) is 10.1. The number of para-hydroxylation sites is 1. The molecular formula is C44H30N2S2. The van der Waals surface area contributed by atoms with Crippen molar-refractivity contribution in [3.05, 3.63) is 157 Å². The second kappa shape index (κ2) is 10.4. The molecule has 9 aromatic rings. The van der Waals surface area contributed by atoms with Crippen molar-refractivity contribution in [2.45, 2.75) is 19.3 Å². The van der Waals surface area contributed by atoms with Crippen LogP contribution in [-0.4, -0.2) is 4.98 Å². The van der Waals surface area contributed by atoms with Gasteiger partial charge in [0.2, 0.25) is 0 Å². The second-order valence-corrected chi connectivity index (χ2v) is 15.3. The molecule has 0 atom stereocenters. The summed E-state index contributed by atoms with van der Waals surface area (Å²) < 4.78 is 3.90. The molecule has 2 nitrogen and oxygen atoms in total. The van der Waals surface area contributed by atoms with Gasteiger partial charge in [0.25, 0.3) is 0 Å². The molecular weight excluding hydrogens is 621 g/mol. The summed E-state index contributed by atoms with van der Waals surface area (Å²) in [7, 11) is 0. The van der Waals surface area contributed by atoms with Crippen LogP contribution in [0.25, 0.3) is 62.9 Å². The normalized spacial score (nSPS) is 13.4. The Kier molecular flexibility index (Phi) is 5.99. The highest BCUT2D eigenvalue weighted by Crippen LogP contribution is 2.54. The van der Waals surface area contributed by atoms with Gasteiger partial charge in [-0.3, -0.25) is 0 Å². The van der Waals surface area contributed by atoms with E-state index < -0.39 is 0 Å². The second-order valence-electron chi connectivity index (χ2n) is 13.2. The Labute approximate surface area is 287 Å². The number of rotatable bonds is 4. The van der Waals surface area contributed by atoms with E-state index in [1.165, 1.54) is 63.5 Å². The fourth-order valence-corrected chi connectivity index (χ4v) is 10.0. The number of hydrogen-bond acceptors (Lipinski definition) is 4. The first-order chi connectivity index (χ1) is 23.5. The highest BCUT2D eigenvalue weighted by molar-refractivity contribution is 7.25. The number of nitrogens with zero attached hydrogens (tertiary/aromatic N) is 2. The van der Waals surface area contributed by atoms with Gasteiger partial charge in [-0.05, 0) is 82.2 Å². The van der Waals surface area contributed by atoms with Gasteiger partial charge in [0, 0.05) is 53.6 Å². The standard InChI is InChI=1S/C44H30N2S2/c1-44(2)37-22-17-29(46(28-13-7-4-8-14-28)30-18-24-40-36(26-30)31-15-9-10-16-39(31)47-40)25-35(37)33-19-20-34-32(41(33)44)21-23-38-42(34)48-43(45-38)27-11-5-3-6-12-27/h3-26H,1-2H3.